The van der Waals surface area contributed by atoms with Crippen LogP contribution in [0.25, 0.3) is 17.0 Å². The molecule has 0 fully saturated rings. The van der Waals surface area contributed by atoms with E-state index in [9.17, 15) is 10.1 Å². The molecular formula is C17H16N8O2. The van der Waals surface area contributed by atoms with Crippen molar-refractivity contribution in [3.8, 4) is 17.5 Å². The standard InChI is InChI=1S/C17H16N8O2/c1-3-27-17(26)14-10(2)20-16(21-14)12-6-4-5-7-13(12)19-9-11(8-18)15-22-24-25-23-15/h4-7,9,19H,3H2,1-2H3,(H,20,21)(H,22,23,24,25). The number of benzene rings is 1. The number of hydrogen-bond acceptors (Lipinski definition) is 8. The lowest BCUT2D eigenvalue weighted by molar-refractivity contribution is 0.0519. The normalized spacial score (nSPS) is 11.1. The van der Waals surface area contributed by atoms with Gasteiger partial charge in [0, 0.05) is 23.1 Å². The fourth-order valence-corrected chi connectivity index (χ4v) is 2.37. The fourth-order valence-electron chi connectivity index (χ4n) is 2.37. The van der Waals surface area contributed by atoms with Gasteiger partial charge in [0.05, 0.1) is 6.61 Å². The highest BCUT2D eigenvalue weighted by Gasteiger charge is 2.18. The number of hydrogen-bond donors (Lipinski definition) is 3. The van der Waals surface area contributed by atoms with Crippen LogP contribution in [0, 0.1) is 18.3 Å². The van der Waals surface area contributed by atoms with Crippen molar-refractivity contribution in [2.24, 2.45) is 0 Å². The molecule has 0 amide bonds. The first kappa shape index (κ1) is 17.8. The van der Waals surface area contributed by atoms with E-state index in [2.05, 4.69) is 35.9 Å². The number of anilines is 1. The van der Waals surface area contributed by atoms with Crippen LogP contribution in [0.5, 0.6) is 0 Å². The van der Waals surface area contributed by atoms with Gasteiger partial charge >= 0.3 is 5.97 Å². The number of carbonyl (C=O) groups excluding carboxylic acids is 1. The van der Waals surface area contributed by atoms with Crippen LogP contribution in [0.15, 0.2) is 30.5 Å². The van der Waals surface area contributed by atoms with E-state index in [0.717, 1.165) is 5.56 Å². The number of aromatic amines is 2. The monoisotopic (exact) mass is 364 g/mol. The van der Waals surface area contributed by atoms with Crippen LogP contribution in [0.3, 0.4) is 0 Å². The molecule has 0 spiro atoms. The van der Waals surface area contributed by atoms with Gasteiger partial charge < -0.3 is 15.0 Å². The number of nitriles is 1. The van der Waals surface area contributed by atoms with Crippen LogP contribution in [-0.2, 0) is 4.74 Å². The molecule has 3 aromatic rings. The lowest BCUT2D eigenvalue weighted by Crippen LogP contribution is -2.06. The van der Waals surface area contributed by atoms with Gasteiger partial charge in [0.2, 0.25) is 5.82 Å². The van der Waals surface area contributed by atoms with Crippen LogP contribution >= 0.6 is 0 Å². The molecule has 27 heavy (non-hydrogen) atoms. The first-order valence-corrected chi connectivity index (χ1v) is 8.07. The van der Waals surface area contributed by atoms with E-state index in [-0.39, 0.29) is 23.7 Å². The molecule has 3 rings (SSSR count). The number of para-hydroxylation sites is 1. The lowest BCUT2D eigenvalue weighted by atomic mass is 10.1. The number of carbonyl (C=O) groups is 1. The van der Waals surface area contributed by atoms with Crippen LogP contribution in [0.2, 0.25) is 0 Å². The summed E-state index contributed by atoms with van der Waals surface area (Å²) in [7, 11) is 0. The number of H-pyrrole nitrogens is 2. The number of allylic oxidation sites excluding steroid dienone is 1. The molecule has 1 aromatic carbocycles. The van der Waals surface area contributed by atoms with Gasteiger partial charge in [-0.15, -0.1) is 10.2 Å². The summed E-state index contributed by atoms with van der Waals surface area (Å²) in [4.78, 5) is 19.4. The first-order valence-electron chi connectivity index (χ1n) is 8.07. The molecule has 10 nitrogen and oxygen atoms in total. The summed E-state index contributed by atoms with van der Waals surface area (Å²) < 4.78 is 5.02. The second-order valence-corrected chi connectivity index (χ2v) is 5.37. The molecule has 3 N–H and O–H groups in total. The molecule has 0 bridgehead atoms. The second-order valence-electron chi connectivity index (χ2n) is 5.37. The van der Waals surface area contributed by atoms with Gasteiger partial charge in [-0.25, -0.2) is 9.78 Å². The van der Waals surface area contributed by atoms with Crippen LogP contribution < -0.4 is 5.32 Å². The van der Waals surface area contributed by atoms with Crippen LogP contribution in [-0.4, -0.2) is 43.2 Å². The van der Waals surface area contributed by atoms with Gasteiger partial charge in [0.15, 0.2) is 5.69 Å². The summed E-state index contributed by atoms with van der Waals surface area (Å²) in [6.07, 6.45) is 1.48. The minimum absolute atomic E-state index is 0.181. The number of aryl methyl sites for hydroxylation is 1. The van der Waals surface area contributed by atoms with E-state index in [1.54, 1.807) is 13.8 Å². The Hall–Kier alpha value is -4.00. The molecule has 0 unspecified atom stereocenters. The van der Waals surface area contributed by atoms with Gasteiger partial charge in [-0.1, -0.05) is 12.1 Å². The molecule has 0 aliphatic rings. The van der Waals surface area contributed by atoms with Crippen molar-refractivity contribution in [3.05, 3.63) is 47.7 Å². The number of nitrogens with zero attached hydrogens (tertiary/aromatic N) is 5. The van der Waals surface area contributed by atoms with Crippen molar-refractivity contribution >= 4 is 17.2 Å². The third-order valence-electron chi connectivity index (χ3n) is 3.61. The van der Waals surface area contributed by atoms with Crippen LogP contribution in [0.1, 0.15) is 28.9 Å². The van der Waals surface area contributed by atoms with E-state index in [4.69, 9.17) is 4.74 Å². The second kappa shape index (κ2) is 7.92. The van der Waals surface area contributed by atoms with Crippen molar-refractivity contribution in [1.82, 2.24) is 30.6 Å². The number of ether oxygens (including phenoxy) is 1. The largest absolute Gasteiger partial charge is 0.461 e. The first-order chi connectivity index (χ1) is 13.1. The Labute approximate surface area is 154 Å². The Morgan fingerprint density at radius 1 is 1.41 bits per heavy atom. The molecule has 0 saturated heterocycles. The van der Waals surface area contributed by atoms with E-state index >= 15 is 0 Å². The molecule has 0 atom stereocenters. The highest BCUT2D eigenvalue weighted by Crippen LogP contribution is 2.27. The molecule has 2 heterocycles. The Kier molecular flexibility index (Phi) is 5.22. The summed E-state index contributed by atoms with van der Waals surface area (Å²) in [6, 6.07) is 9.34. The van der Waals surface area contributed by atoms with E-state index in [1.807, 2.05) is 30.3 Å². The molecule has 10 heteroatoms. The number of imidazole rings is 1. The molecule has 0 aliphatic heterocycles. The predicted molar refractivity (Wildman–Crippen MR) is 96.1 cm³/mol. The zero-order valence-corrected chi connectivity index (χ0v) is 14.6. The molecule has 2 aromatic heterocycles. The maximum absolute atomic E-state index is 12.0. The molecule has 0 saturated carbocycles. The van der Waals surface area contributed by atoms with Crippen molar-refractivity contribution in [1.29, 1.82) is 5.26 Å². The summed E-state index contributed by atoms with van der Waals surface area (Å²) in [5.41, 5.74) is 2.46. The Morgan fingerprint density at radius 2 is 2.22 bits per heavy atom. The third-order valence-corrected chi connectivity index (χ3v) is 3.61. The average Bonchev–Trinajstić information content (AvgIpc) is 3.33. The van der Waals surface area contributed by atoms with Gasteiger partial charge in [0.1, 0.15) is 17.5 Å². The van der Waals surface area contributed by atoms with Crippen molar-refractivity contribution in [2.75, 3.05) is 11.9 Å². The van der Waals surface area contributed by atoms with Gasteiger partial charge in [-0.2, -0.15) is 10.5 Å². The van der Waals surface area contributed by atoms with Crippen LogP contribution in [0.4, 0.5) is 5.69 Å². The minimum Gasteiger partial charge on any atom is -0.461 e. The summed E-state index contributed by atoms with van der Waals surface area (Å²) in [6.45, 7) is 3.77. The van der Waals surface area contributed by atoms with E-state index in [1.165, 1.54) is 6.20 Å². The summed E-state index contributed by atoms with van der Waals surface area (Å²) in [5.74, 6) is 0.206. The summed E-state index contributed by atoms with van der Waals surface area (Å²) >= 11 is 0. The number of nitrogens with one attached hydrogen (secondary N) is 3. The number of esters is 1. The number of tetrazole rings is 1. The molecule has 0 aliphatic carbocycles. The Balaban J connectivity index is 1.92. The SMILES string of the molecule is CCOC(=O)c1nc(-c2ccccc2NC=C(C#N)c2nn[nH]n2)[nH]c1C. The molecule has 136 valence electrons. The minimum atomic E-state index is -0.480. The van der Waals surface area contributed by atoms with Gasteiger partial charge in [-0.3, -0.25) is 0 Å². The maximum atomic E-state index is 12.0. The zero-order chi connectivity index (χ0) is 19.2. The molecular weight excluding hydrogens is 348 g/mol. The smallest absolute Gasteiger partial charge is 0.358 e. The van der Waals surface area contributed by atoms with Crippen molar-refractivity contribution in [3.63, 3.8) is 0 Å². The Bertz CT molecular complexity index is 1010. The highest BCUT2D eigenvalue weighted by atomic mass is 16.5. The average molecular weight is 364 g/mol. The Morgan fingerprint density at radius 3 is 2.93 bits per heavy atom. The zero-order valence-electron chi connectivity index (χ0n) is 14.6. The van der Waals surface area contributed by atoms with Gasteiger partial charge in [0.25, 0.3) is 0 Å². The highest BCUT2D eigenvalue weighted by molar-refractivity contribution is 5.90. The maximum Gasteiger partial charge on any atom is 0.358 e. The quantitative estimate of drug-likeness (QED) is 0.445. The molecule has 0 radical (unpaired) electrons. The van der Waals surface area contributed by atoms with Gasteiger partial charge in [-0.05, 0) is 31.2 Å². The predicted octanol–water partition coefficient (Wildman–Crippen LogP) is 2.05. The van der Waals surface area contributed by atoms with E-state index in [0.29, 0.717) is 17.2 Å². The van der Waals surface area contributed by atoms with E-state index < -0.39 is 5.97 Å². The topological polar surface area (TPSA) is 145 Å². The fraction of sp³-hybridized carbons (Fsp3) is 0.176. The number of rotatable bonds is 6. The lowest BCUT2D eigenvalue weighted by Gasteiger charge is -2.07. The summed E-state index contributed by atoms with van der Waals surface area (Å²) in [5, 5.41) is 25.6. The number of aromatic nitrogens is 6. The van der Waals surface area contributed by atoms with Crippen molar-refractivity contribution in [2.45, 2.75) is 13.8 Å². The third kappa shape index (κ3) is 3.82. The van der Waals surface area contributed by atoms with Crippen molar-refractivity contribution < 1.29 is 9.53 Å².